The van der Waals surface area contributed by atoms with Gasteiger partial charge in [0, 0.05) is 18.0 Å². The fourth-order valence-electron chi connectivity index (χ4n) is 2.76. The van der Waals surface area contributed by atoms with Gasteiger partial charge < -0.3 is 10.0 Å². The summed E-state index contributed by atoms with van der Waals surface area (Å²) in [6.07, 6.45) is 2.55. The first kappa shape index (κ1) is 14.8. The number of aromatic nitrogens is 1. The van der Waals surface area contributed by atoms with Crippen LogP contribution in [0, 0.1) is 5.92 Å². The minimum Gasteiger partial charge on any atom is -0.391 e. The van der Waals surface area contributed by atoms with Gasteiger partial charge in [0.05, 0.1) is 17.2 Å². The summed E-state index contributed by atoms with van der Waals surface area (Å²) < 4.78 is 0. The molecule has 2 atom stereocenters. The van der Waals surface area contributed by atoms with Crippen LogP contribution in [0.25, 0.3) is 0 Å². The predicted molar refractivity (Wildman–Crippen MR) is 81.9 cm³/mol. The van der Waals surface area contributed by atoms with Crippen LogP contribution in [-0.2, 0) is 12.0 Å². The lowest BCUT2D eigenvalue weighted by atomic mass is 9.91. The average Bonchev–Trinajstić information content (AvgIpc) is 2.76. The molecule has 0 spiro atoms. The maximum atomic E-state index is 9.56. The van der Waals surface area contributed by atoms with Crippen LogP contribution in [0.1, 0.15) is 58.0 Å². The molecule has 1 aromatic heterocycles. The molecule has 0 saturated carbocycles. The van der Waals surface area contributed by atoms with Crippen molar-refractivity contribution in [3.05, 3.63) is 10.6 Å². The molecule has 2 rings (SSSR count). The van der Waals surface area contributed by atoms with Crippen LogP contribution in [0.3, 0.4) is 0 Å². The van der Waals surface area contributed by atoms with Gasteiger partial charge in [-0.2, -0.15) is 0 Å². The number of nitrogens with zero attached hydrogens (tertiary/aromatic N) is 2. The van der Waals surface area contributed by atoms with Gasteiger partial charge >= 0.3 is 0 Å². The van der Waals surface area contributed by atoms with E-state index in [1.807, 2.05) is 0 Å². The second kappa shape index (κ2) is 5.41. The fraction of sp³-hybridized carbons (Fsp3) is 0.800. The van der Waals surface area contributed by atoms with Crippen LogP contribution in [0.15, 0.2) is 0 Å². The molecule has 0 aromatic carbocycles. The highest BCUT2D eigenvalue weighted by molar-refractivity contribution is 7.15. The van der Waals surface area contributed by atoms with E-state index in [2.05, 4.69) is 39.5 Å². The summed E-state index contributed by atoms with van der Waals surface area (Å²) in [6, 6.07) is 0.541. The van der Waals surface area contributed by atoms with Gasteiger partial charge in [-0.15, -0.1) is 0 Å². The Kier molecular flexibility index (Phi) is 4.21. The predicted octanol–water partition coefficient (Wildman–Crippen LogP) is 3.56. The standard InChI is InChI=1S/C15H26N2OS/c1-10-7-6-8-17(11(10)2)14-16-13(15(3,4)5)12(9-18)19-14/h10-11,18H,6-9H2,1-5H3. The van der Waals surface area contributed by atoms with E-state index >= 15 is 0 Å². The molecule has 1 N–H and O–H groups in total. The lowest BCUT2D eigenvalue weighted by molar-refractivity contribution is 0.282. The third-order valence-corrected chi connectivity index (χ3v) is 5.24. The van der Waals surface area contributed by atoms with Crippen molar-refractivity contribution in [2.24, 2.45) is 5.92 Å². The van der Waals surface area contributed by atoms with Crippen LogP contribution in [0.5, 0.6) is 0 Å². The number of hydrogen-bond donors (Lipinski definition) is 1. The Morgan fingerprint density at radius 1 is 1.37 bits per heavy atom. The first-order valence-corrected chi connectivity index (χ1v) is 8.04. The van der Waals surface area contributed by atoms with Crippen molar-refractivity contribution in [1.29, 1.82) is 0 Å². The van der Waals surface area contributed by atoms with Gasteiger partial charge in [0.25, 0.3) is 0 Å². The average molecular weight is 282 g/mol. The fourth-order valence-corrected chi connectivity index (χ4v) is 4.01. The Bertz CT molecular complexity index is 436. The van der Waals surface area contributed by atoms with Gasteiger partial charge in [-0.3, -0.25) is 0 Å². The summed E-state index contributed by atoms with van der Waals surface area (Å²) in [4.78, 5) is 8.29. The molecule has 1 saturated heterocycles. The van der Waals surface area contributed by atoms with Gasteiger partial charge in [-0.25, -0.2) is 4.98 Å². The summed E-state index contributed by atoms with van der Waals surface area (Å²) in [5, 5.41) is 10.7. The van der Waals surface area contributed by atoms with Crippen molar-refractivity contribution in [1.82, 2.24) is 4.98 Å². The van der Waals surface area contributed by atoms with E-state index in [4.69, 9.17) is 4.98 Å². The Labute approximate surface area is 120 Å². The van der Waals surface area contributed by atoms with E-state index in [1.54, 1.807) is 11.3 Å². The van der Waals surface area contributed by atoms with E-state index in [0.29, 0.717) is 12.0 Å². The van der Waals surface area contributed by atoms with Crippen molar-refractivity contribution < 1.29 is 5.11 Å². The second-order valence-electron chi connectivity index (χ2n) is 6.73. The molecule has 4 heteroatoms. The number of rotatable bonds is 2. The Morgan fingerprint density at radius 3 is 2.58 bits per heavy atom. The van der Waals surface area contributed by atoms with Crippen molar-refractivity contribution in [3.8, 4) is 0 Å². The molecule has 2 heterocycles. The third-order valence-electron chi connectivity index (χ3n) is 4.16. The summed E-state index contributed by atoms with van der Waals surface area (Å²) in [7, 11) is 0. The molecule has 19 heavy (non-hydrogen) atoms. The third kappa shape index (κ3) is 2.95. The number of thiazole rings is 1. The molecule has 108 valence electrons. The van der Waals surface area contributed by atoms with Crippen LogP contribution in [0.4, 0.5) is 5.13 Å². The van der Waals surface area contributed by atoms with Crippen molar-refractivity contribution >= 4 is 16.5 Å². The molecule has 2 unspecified atom stereocenters. The van der Waals surface area contributed by atoms with Crippen LogP contribution < -0.4 is 4.90 Å². The minimum atomic E-state index is -0.00253. The lowest BCUT2D eigenvalue weighted by Gasteiger charge is -2.37. The van der Waals surface area contributed by atoms with Crippen molar-refractivity contribution in [3.63, 3.8) is 0 Å². The van der Waals surface area contributed by atoms with E-state index in [9.17, 15) is 5.11 Å². The normalized spacial score (nSPS) is 24.8. The molecular weight excluding hydrogens is 256 g/mol. The van der Waals surface area contributed by atoms with Gasteiger partial charge in [0.1, 0.15) is 0 Å². The molecule has 0 bridgehead atoms. The molecule has 1 fully saturated rings. The number of piperidine rings is 1. The zero-order valence-corrected chi connectivity index (χ0v) is 13.5. The Hall–Kier alpha value is -0.610. The van der Waals surface area contributed by atoms with Gasteiger partial charge in [-0.05, 0) is 25.7 Å². The lowest BCUT2D eigenvalue weighted by Crippen LogP contribution is -2.42. The number of aliphatic hydroxyl groups excluding tert-OH is 1. The van der Waals surface area contributed by atoms with Crippen LogP contribution >= 0.6 is 11.3 Å². The topological polar surface area (TPSA) is 36.4 Å². The molecule has 0 amide bonds. The molecule has 1 aliphatic rings. The van der Waals surface area contributed by atoms with Crippen molar-refractivity contribution in [2.45, 2.75) is 65.5 Å². The minimum absolute atomic E-state index is 0.00253. The highest BCUT2D eigenvalue weighted by Gasteiger charge is 2.30. The maximum Gasteiger partial charge on any atom is 0.186 e. The Morgan fingerprint density at radius 2 is 2.05 bits per heavy atom. The smallest absolute Gasteiger partial charge is 0.186 e. The van der Waals surface area contributed by atoms with E-state index in [0.717, 1.165) is 22.2 Å². The molecule has 1 aliphatic heterocycles. The molecular formula is C15H26N2OS. The van der Waals surface area contributed by atoms with E-state index in [1.165, 1.54) is 12.8 Å². The Balaban J connectivity index is 2.33. The maximum absolute atomic E-state index is 9.56. The van der Waals surface area contributed by atoms with Crippen LogP contribution in [-0.4, -0.2) is 22.7 Å². The second-order valence-corrected chi connectivity index (χ2v) is 7.79. The largest absolute Gasteiger partial charge is 0.391 e. The van der Waals surface area contributed by atoms with Gasteiger partial charge in [0.15, 0.2) is 5.13 Å². The molecule has 0 radical (unpaired) electrons. The van der Waals surface area contributed by atoms with Gasteiger partial charge in [0.2, 0.25) is 0 Å². The summed E-state index contributed by atoms with van der Waals surface area (Å²) in [5.74, 6) is 0.716. The summed E-state index contributed by atoms with van der Waals surface area (Å²) in [5.41, 5.74) is 1.05. The van der Waals surface area contributed by atoms with E-state index in [-0.39, 0.29) is 12.0 Å². The highest BCUT2D eigenvalue weighted by atomic mass is 32.1. The first-order chi connectivity index (χ1) is 8.84. The highest BCUT2D eigenvalue weighted by Crippen LogP contribution is 2.37. The number of hydrogen-bond acceptors (Lipinski definition) is 4. The zero-order valence-electron chi connectivity index (χ0n) is 12.7. The SMILES string of the molecule is CC1CCCN(c2nc(C(C)(C)C)c(CO)s2)C1C. The monoisotopic (exact) mass is 282 g/mol. The molecule has 3 nitrogen and oxygen atoms in total. The van der Waals surface area contributed by atoms with Crippen molar-refractivity contribution in [2.75, 3.05) is 11.4 Å². The zero-order chi connectivity index (χ0) is 14.2. The quantitative estimate of drug-likeness (QED) is 0.901. The molecule has 1 aromatic rings. The van der Waals surface area contributed by atoms with E-state index < -0.39 is 0 Å². The number of aliphatic hydroxyl groups is 1. The van der Waals surface area contributed by atoms with Gasteiger partial charge in [-0.1, -0.05) is 39.0 Å². The first-order valence-electron chi connectivity index (χ1n) is 7.22. The molecule has 0 aliphatic carbocycles. The summed E-state index contributed by atoms with van der Waals surface area (Å²) >= 11 is 1.66. The number of anilines is 1. The van der Waals surface area contributed by atoms with Crippen LogP contribution in [0.2, 0.25) is 0 Å². The summed E-state index contributed by atoms with van der Waals surface area (Å²) in [6.45, 7) is 12.3.